The molecule has 0 aromatic rings. The third kappa shape index (κ3) is 31.1. The summed E-state index contributed by atoms with van der Waals surface area (Å²) < 4.78 is 10.7. The van der Waals surface area contributed by atoms with Gasteiger partial charge in [0.25, 0.3) is 0 Å². The smallest absolute Gasteiger partial charge is 0.307 e. The average Bonchev–Trinajstić information content (AvgIpc) is 2.97. The molecule has 0 bridgehead atoms. The molecule has 0 aliphatic rings. The number of rotatable bonds is 31. The van der Waals surface area contributed by atoms with E-state index in [0.717, 1.165) is 25.8 Å². The number of nitrogens with zero attached hydrogens (tertiary/aromatic N) is 1. The molecule has 0 fully saturated rings. The van der Waals surface area contributed by atoms with Crippen molar-refractivity contribution in [1.82, 2.24) is 4.90 Å². The van der Waals surface area contributed by atoms with Gasteiger partial charge < -0.3 is 20.1 Å². The van der Waals surface area contributed by atoms with Crippen molar-refractivity contribution in [2.75, 3.05) is 39.4 Å². The molecule has 0 amide bonds. The minimum Gasteiger partial charge on any atom is -0.461 e. The van der Waals surface area contributed by atoms with E-state index < -0.39 is 0 Å². The van der Waals surface area contributed by atoms with Crippen LogP contribution in [-0.4, -0.2) is 56.2 Å². The van der Waals surface area contributed by atoms with Gasteiger partial charge in [0.1, 0.15) is 13.2 Å². The van der Waals surface area contributed by atoms with Gasteiger partial charge in [-0.15, -0.1) is 0 Å². The predicted molar refractivity (Wildman–Crippen MR) is 174 cm³/mol. The lowest BCUT2D eigenvalue weighted by atomic mass is 10.1. The lowest BCUT2D eigenvalue weighted by Crippen LogP contribution is -2.31. The largest absolute Gasteiger partial charge is 0.461 e. The van der Waals surface area contributed by atoms with Gasteiger partial charge in [-0.05, 0) is 45.2 Å². The van der Waals surface area contributed by atoms with Gasteiger partial charge in [0.2, 0.25) is 0 Å². The SMILES string of the molecule is CCCCCCCCCC/C=C/COC(=O)CCN(CCCN)CCC(=O)OC/C=C/CCCCCCCCCC. The Balaban J connectivity index is 3.87. The molecule has 41 heavy (non-hydrogen) atoms. The molecule has 0 atom stereocenters. The Morgan fingerprint density at radius 1 is 0.537 bits per heavy atom. The zero-order valence-corrected chi connectivity index (χ0v) is 27.1. The van der Waals surface area contributed by atoms with E-state index in [0.29, 0.717) is 45.7 Å². The Morgan fingerprint density at radius 3 is 1.32 bits per heavy atom. The second-order valence-electron chi connectivity index (χ2n) is 11.3. The molecule has 0 saturated carbocycles. The molecule has 0 unspecified atom stereocenters. The number of hydrogen-bond acceptors (Lipinski definition) is 6. The van der Waals surface area contributed by atoms with Gasteiger partial charge in [-0.25, -0.2) is 0 Å². The number of esters is 2. The summed E-state index contributed by atoms with van der Waals surface area (Å²) in [5.41, 5.74) is 5.68. The van der Waals surface area contributed by atoms with E-state index in [-0.39, 0.29) is 11.9 Å². The maximum Gasteiger partial charge on any atom is 0.307 e. The lowest BCUT2D eigenvalue weighted by Gasteiger charge is -2.21. The summed E-state index contributed by atoms with van der Waals surface area (Å²) in [6.45, 7) is 7.63. The van der Waals surface area contributed by atoms with Crippen molar-refractivity contribution in [3.63, 3.8) is 0 Å². The molecule has 0 heterocycles. The Labute approximate surface area is 253 Å². The van der Waals surface area contributed by atoms with E-state index >= 15 is 0 Å². The van der Waals surface area contributed by atoms with E-state index in [1.54, 1.807) is 0 Å². The molecule has 0 aliphatic heterocycles. The Hall–Kier alpha value is -1.66. The average molecular weight is 579 g/mol. The van der Waals surface area contributed by atoms with Crippen molar-refractivity contribution in [1.29, 1.82) is 0 Å². The summed E-state index contributed by atoms with van der Waals surface area (Å²) in [4.78, 5) is 26.5. The molecule has 240 valence electrons. The molecule has 0 aliphatic carbocycles. The third-order valence-electron chi connectivity index (χ3n) is 7.41. The topological polar surface area (TPSA) is 81.9 Å². The van der Waals surface area contributed by atoms with Crippen LogP contribution < -0.4 is 5.73 Å². The van der Waals surface area contributed by atoms with Gasteiger partial charge in [0, 0.05) is 13.1 Å². The molecule has 0 aromatic carbocycles. The van der Waals surface area contributed by atoms with Crippen molar-refractivity contribution in [3.8, 4) is 0 Å². The van der Waals surface area contributed by atoms with Crippen molar-refractivity contribution >= 4 is 11.9 Å². The molecule has 0 rings (SSSR count). The number of carbonyl (C=O) groups is 2. The molecule has 2 N–H and O–H groups in total. The highest BCUT2D eigenvalue weighted by Crippen LogP contribution is 2.11. The first kappa shape index (κ1) is 39.3. The summed E-state index contributed by atoms with van der Waals surface area (Å²) >= 11 is 0. The number of allylic oxidation sites excluding steroid dienone is 2. The fourth-order valence-electron chi connectivity index (χ4n) is 4.74. The van der Waals surface area contributed by atoms with Crippen LogP contribution in [0, 0.1) is 0 Å². The monoisotopic (exact) mass is 579 g/mol. The van der Waals surface area contributed by atoms with Crippen molar-refractivity contribution in [2.24, 2.45) is 5.73 Å². The molecule has 6 nitrogen and oxygen atoms in total. The molecule has 0 radical (unpaired) electrons. The van der Waals surface area contributed by atoms with Crippen LogP contribution in [0.5, 0.6) is 0 Å². The molecule has 0 aromatic heterocycles. The van der Waals surface area contributed by atoms with E-state index in [1.165, 1.54) is 103 Å². The second-order valence-corrected chi connectivity index (χ2v) is 11.3. The molecule has 0 saturated heterocycles. The van der Waals surface area contributed by atoms with Crippen LogP contribution in [0.1, 0.15) is 149 Å². The van der Waals surface area contributed by atoms with Gasteiger partial charge in [0.05, 0.1) is 12.8 Å². The first-order valence-electron chi connectivity index (χ1n) is 17.2. The van der Waals surface area contributed by atoms with Crippen LogP contribution in [0.25, 0.3) is 0 Å². The zero-order valence-electron chi connectivity index (χ0n) is 27.1. The molecule has 6 heteroatoms. The minimum absolute atomic E-state index is 0.205. The van der Waals surface area contributed by atoms with Crippen LogP contribution in [0.2, 0.25) is 0 Å². The summed E-state index contributed by atoms with van der Waals surface area (Å²) in [5, 5.41) is 0. The van der Waals surface area contributed by atoms with Gasteiger partial charge >= 0.3 is 11.9 Å². The van der Waals surface area contributed by atoms with Crippen LogP contribution in [0.4, 0.5) is 0 Å². The molecular weight excluding hydrogens is 512 g/mol. The zero-order chi connectivity index (χ0) is 30.1. The second kappa shape index (κ2) is 32.8. The highest BCUT2D eigenvalue weighted by molar-refractivity contribution is 5.70. The summed E-state index contributed by atoms with van der Waals surface area (Å²) in [6.07, 6.45) is 32.8. The van der Waals surface area contributed by atoms with Crippen LogP contribution in [0.3, 0.4) is 0 Å². The van der Waals surface area contributed by atoms with Crippen LogP contribution >= 0.6 is 0 Å². The first-order valence-corrected chi connectivity index (χ1v) is 17.2. The number of hydrogen-bond donors (Lipinski definition) is 1. The Kier molecular flexibility index (Phi) is 31.5. The van der Waals surface area contributed by atoms with Crippen LogP contribution in [-0.2, 0) is 19.1 Å². The Bertz CT molecular complexity index is 586. The Morgan fingerprint density at radius 2 is 0.927 bits per heavy atom. The molecule has 0 spiro atoms. The summed E-state index contributed by atoms with van der Waals surface area (Å²) in [6, 6.07) is 0. The van der Waals surface area contributed by atoms with Gasteiger partial charge in [-0.3, -0.25) is 9.59 Å². The van der Waals surface area contributed by atoms with E-state index in [4.69, 9.17) is 15.2 Å². The van der Waals surface area contributed by atoms with Gasteiger partial charge in [-0.1, -0.05) is 128 Å². The molecular formula is C35H66N2O4. The normalized spacial score (nSPS) is 11.7. The number of nitrogens with two attached hydrogens (primary N) is 1. The number of ether oxygens (including phenoxy) is 2. The number of carbonyl (C=O) groups excluding carboxylic acids is 2. The predicted octanol–water partition coefficient (Wildman–Crippen LogP) is 8.68. The maximum atomic E-state index is 12.2. The van der Waals surface area contributed by atoms with Gasteiger partial charge in [0.15, 0.2) is 0 Å². The standard InChI is InChI=1S/C35H66N2O4/c1-3-5-7-9-11-13-15-17-19-21-23-32-40-34(38)26-30-37(29-25-28-36)31-27-35(39)41-33-24-22-20-18-16-14-12-10-8-6-4-2/h21-24H,3-20,25-33,36H2,1-2H3/b23-21+,24-22+. The summed E-state index contributed by atoms with van der Waals surface area (Å²) in [7, 11) is 0. The lowest BCUT2D eigenvalue weighted by molar-refractivity contribution is -0.142. The van der Waals surface area contributed by atoms with Crippen LogP contribution in [0.15, 0.2) is 24.3 Å². The quantitative estimate of drug-likeness (QED) is 0.0503. The van der Waals surface area contributed by atoms with Crippen molar-refractivity contribution in [3.05, 3.63) is 24.3 Å². The van der Waals surface area contributed by atoms with E-state index in [2.05, 4.69) is 30.9 Å². The van der Waals surface area contributed by atoms with Crippen molar-refractivity contribution < 1.29 is 19.1 Å². The maximum absolute atomic E-state index is 12.2. The van der Waals surface area contributed by atoms with E-state index in [1.807, 2.05) is 12.2 Å². The van der Waals surface area contributed by atoms with Crippen molar-refractivity contribution in [2.45, 2.75) is 149 Å². The minimum atomic E-state index is -0.205. The highest BCUT2D eigenvalue weighted by atomic mass is 16.5. The van der Waals surface area contributed by atoms with E-state index in [9.17, 15) is 9.59 Å². The fourth-order valence-corrected chi connectivity index (χ4v) is 4.74. The third-order valence-corrected chi connectivity index (χ3v) is 7.41. The number of unbranched alkanes of at least 4 members (excludes halogenated alkanes) is 16. The first-order chi connectivity index (χ1) is 20.1. The van der Waals surface area contributed by atoms with Gasteiger partial charge in [-0.2, -0.15) is 0 Å². The fraction of sp³-hybridized carbons (Fsp3) is 0.829. The summed E-state index contributed by atoms with van der Waals surface area (Å²) in [5.74, 6) is -0.410. The highest BCUT2D eigenvalue weighted by Gasteiger charge is 2.11.